The van der Waals surface area contributed by atoms with Gasteiger partial charge in [-0.15, -0.1) is 4.40 Å². The fourth-order valence-electron chi connectivity index (χ4n) is 3.77. The van der Waals surface area contributed by atoms with Crippen molar-refractivity contribution in [3.63, 3.8) is 0 Å². The highest BCUT2D eigenvalue weighted by molar-refractivity contribution is 7.90. The van der Waals surface area contributed by atoms with Gasteiger partial charge in [0.15, 0.2) is 17.3 Å². The normalized spacial score (nSPS) is 15.3. The molecule has 0 saturated carbocycles. The second-order valence-electron chi connectivity index (χ2n) is 7.72. The molecular weight excluding hydrogens is 478 g/mol. The van der Waals surface area contributed by atoms with Crippen LogP contribution in [0.4, 0.5) is 5.69 Å². The molecule has 3 aromatic rings. The third-order valence-electron chi connectivity index (χ3n) is 5.40. The Morgan fingerprint density at radius 1 is 1.03 bits per heavy atom. The number of fused-ring (bicyclic) bond motifs is 2. The SMILES string of the molecule is O=C(NCCc1cc(Cl)c2c(c1)OCCO2)c1ccc(NC2=NS(=O)(=O)c3ccccc32)cc1. The van der Waals surface area contributed by atoms with Gasteiger partial charge in [-0.1, -0.05) is 23.7 Å². The van der Waals surface area contributed by atoms with Gasteiger partial charge in [-0.3, -0.25) is 4.79 Å². The highest BCUT2D eigenvalue weighted by atomic mass is 35.5. The lowest BCUT2D eigenvalue weighted by Crippen LogP contribution is -2.25. The van der Waals surface area contributed by atoms with Crippen LogP contribution in [0.5, 0.6) is 11.5 Å². The van der Waals surface area contributed by atoms with Crippen molar-refractivity contribution in [2.24, 2.45) is 4.40 Å². The molecule has 0 spiro atoms. The number of hydrogen-bond acceptors (Lipinski definition) is 6. The number of amides is 1. The van der Waals surface area contributed by atoms with Gasteiger partial charge in [-0.25, -0.2) is 0 Å². The van der Waals surface area contributed by atoms with Crippen molar-refractivity contribution >= 4 is 39.1 Å². The molecule has 10 heteroatoms. The molecule has 0 fully saturated rings. The number of carbonyl (C=O) groups excluding carboxylic acids is 1. The summed E-state index contributed by atoms with van der Waals surface area (Å²) in [5.74, 6) is 1.21. The first-order chi connectivity index (χ1) is 16.4. The zero-order chi connectivity index (χ0) is 23.7. The van der Waals surface area contributed by atoms with E-state index in [0.717, 1.165) is 5.56 Å². The Bertz CT molecular complexity index is 1400. The highest BCUT2D eigenvalue weighted by Crippen LogP contribution is 2.38. The molecule has 2 aliphatic heterocycles. The average molecular weight is 498 g/mol. The number of ether oxygens (including phenoxy) is 2. The third-order valence-corrected chi connectivity index (χ3v) is 7.01. The van der Waals surface area contributed by atoms with Crippen LogP contribution in [-0.2, 0) is 16.4 Å². The van der Waals surface area contributed by atoms with Crippen molar-refractivity contribution in [2.45, 2.75) is 11.3 Å². The number of halogens is 1. The molecule has 0 unspecified atom stereocenters. The first-order valence-corrected chi connectivity index (χ1v) is 12.4. The number of nitrogens with zero attached hydrogens (tertiary/aromatic N) is 1. The van der Waals surface area contributed by atoms with E-state index in [2.05, 4.69) is 15.0 Å². The van der Waals surface area contributed by atoms with E-state index in [1.54, 1.807) is 42.5 Å². The van der Waals surface area contributed by atoms with E-state index in [0.29, 0.717) is 59.5 Å². The lowest BCUT2D eigenvalue weighted by Gasteiger charge is -2.20. The summed E-state index contributed by atoms with van der Waals surface area (Å²) in [6.07, 6.45) is 0.579. The van der Waals surface area contributed by atoms with Crippen LogP contribution in [0.15, 0.2) is 70.0 Å². The van der Waals surface area contributed by atoms with Crippen LogP contribution in [0.1, 0.15) is 21.5 Å². The largest absolute Gasteiger partial charge is 0.486 e. The summed E-state index contributed by atoms with van der Waals surface area (Å²) in [6, 6.07) is 17.0. The molecule has 174 valence electrons. The number of benzene rings is 3. The van der Waals surface area contributed by atoms with E-state index in [1.807, 2.05) is 12.1 Å². The predicted molar refractivity (Wildman–Crippen MR) is 129 cm³/mol. The zero-order valence-electron chi connectivity index (χ0n) is 17.9. The number of anilines is 1. The minimum Gasteiger partial charge on any atom is -0.486 e. The monoisotopic (exact) mass is 497 g/mol. The summed E-state index contributed by atoms with van der Waals surface area (Å²) >= 11 is 6.26. The Labute approximate surface area is 201 Å². The molecule has 0 radical (unpaired) electrons. The maximum atomic E-state index is 12.5. The van der Waals surface area contributed by atoms with Crippen LogP contribution in [0.25, 0.3) is 0 Å². The van der Waals surface area contributed by atoms with E-state index in [9.17, 15) is 13.2 Å². The highest BCUT2D eigenvalue weighted by Gasteiger charge is 2.28. The Morgan fingerprint density at radius 2 is 1.79 bits per heavy atom. The zero-order valence-corrected chi connectivity index (χ0v) is 19.4. The third kappa shape index (κ3) is 4.44. The maximum absolute atomic E-state index is 12.5. The molecule has 0 atom stereocenters. The van der Waals surface area contributed by atoms with Crippen LogP contribution < -0.4 is 20.1 Å². The summed E-state index contributed by atoms with van der Waals surface area (Å²) in [7, 11) is -3.70. The van der Waals surface area contributed by atoms with Gasteiger partial charge in [0.1, 0.15) is 18.1 Å². The molecule has 2 heterocycles. The van der Waals surface area contributed by atoms with E-state index >= 15 is 0 Å². The Kier molecular flexibility index (Phi) is 5.89. The van der Waals surface area contributed by atoms with E-state index in [1.165, 1.54) is 6.07 Å². The fraction of sp³-hybridized carbons (Fsp3) is 0.167. The quantitative estimate of drug-likeness (QED) is 0.557. The van der Waals surface area contributed by atoms with E-state index in [4.69, 9.17) is 21.1 Å². The summed E-state index contributed by atoms with van der Waals surface area (Å²) in [5, 5.41) is 6.39. The van der Waals surface area contributed by atoms with Crippen LogP contribution in [-0.4, -0.2) is 39.9 Å². The van der Waals surface area contributed by atoms with Crippen LogP contribution in [0.2, 0.25) is 5.02 Å². The molecule has 1 amide bonds. The lowest BCUT2D eigenvalue weighted by molar-refractivity contribution is 0.0954. The van der Waals surface area contributed by atoms with E-state index < -0.39 is 10.0 Å². The molecule has 8 nitrogen and oxygen atoms in total. The minimum atomic E-state index is -3.70. The molecule has 0 aliphatic carbocycles. The van der Waals surface area contributed by atoms with Gasteiger partial charge in [-0.05, 0) is 60.5 Å². The molecule has 3 aromatic carbocycles. The smallest absolute Gasteiger partial charge is 0.285 e. The van der Waals surface area contributed by atoms with Crippen LogP contribution in [0.3, 0.4) is 0 Å². The standard InChI is InChI=1S/C24H20ClN3O5S/c25-19-13-15(14-20-22(19)33-12-11-32-20)9-10-26-24(29)16-5-7-17(8-6-16)27-23-18-3-1-2-4-21(18)34(30,31)28-23/h1-8,13-14H,9-12H2,(H,26,29)(H,27,28). The van der Waals surface area contributed by atoms with Gasteiger partial charge in [0.25, 0.3) is 15.9 Å². The van der Waals surface area contributed by atoms with Gasteiger partial charge in [0.2, 0.25) is 0 Å². The molecular formula is C24H20ClN3O5S. The number of carbonyl (C=O) groups is 1. The average Bonchev–Trinajstić information content (AvgIpc) is 3.09. The summed E-state index contributed by atoms with van der Waals surface area (Å²) in [5.41, 5.74) is 2.55. The number of sulfonamides is 1. The van der Waals surface area contributed by atoms with E-state index in [-0.39, 0.29) is 16.6 Å². The Morgan fingerprint density at radius 3 is 2.62 bits per heavy atom. The van der Waals surface area contributed by atoms with Crippen molar-refractivity contribution in [3.05, 3.63) is 82.4 Å². The van der Waals surface area contributed by atoms with Crippen molar-refractivity contribution in [1.82, 2.24) is 5.32 Å². The van der Waals surface area contributed by atoms with Crippen molar-refractivity contribution < 1.29 is 22.7 Å². The minimum absolute atomic E-state index is 0.174. The van der Waals surface area contributed by atoms with Gasteiger partial charge in [0.05, 0.1) is 5.02 Å². The summed E-state index contributed by atoms with van der Waals surface area (Å²) in [6.45, 7) is 1.36. The Hall–Kier alpha value is -3.56. The first-order valence-electron chi connectivity index (χ1n) is 10.6. The molecule has 5 rings (SSSR count). The molecule has 34 heavy (non-hydrogen) atoms. The number of rotatable bonds is 5. The van der Waals surface area contributed by atoms with Crippen LogP contribution in [0, 0.1) is 0 Å². The van der Waals surface area contributed by atoms with Gasteiger partial charge < -0.3 is 20.1 Å². The van der Waals surface area contributed by atoms with Gasteiger partial charge >= 0.3 is 0 Å². The molecule has 0 saturated heterocycles. The Balaban J connectivity index is 1.19. The number of amidine groups is 1. The topological polar surface area (TPSA) is 106 Å². The molecule has 2 N–H and O–H groups in total. The van der Waals surface area contributed by atoms with Gasteiger partial charge in [-0.2, -0.15) is 8.42 Å². The fourth-order valence-corrected chi connectivity index (χ4v) is 5.23. The lowest BCUT2D eigenvalue weighted by atomic mass is 10.1. The molecule has 0 aromatic heterocycles. The molecule has 2 aliphatic rings. The maximum Gasteiger partial charge on any atom is 0.285 e. The molecule has 0 bridgehead atoms. The summed E-state index contributed by atoms with van der Waals surface area (Å²) in [4.78, 5) is 12.7. The second-order valence-corrected chi connectivity index (χ2v) is 9.70. The number of hydrogen-bond donors (Lipinski definition) is 2. The van der Waals surface area contributed by atoms with Gasteiger partial charge in [0, 0.05) is 23.4 Å². The second kappa shape index (κ2) is 9.00. The van der Waals surface area contributed by atoms with Crippen molar-refractivity contribution in [2.75, 3.05) is 25.1 Å². The van der Waals surface area contributed by atoms with Crippen molar-refractivity contribution in [3.8, 4) is 11.5 Å². The summed E-state index contributed by atoms with van der Waals surface area (Å²) < 4.78 is 39.3. The van der Waals surface area contributed by atoms with Crippen molar-refractivity contribution in [1.29, 1.82) is 0 Å². The predicted octanol–water partition coefficient (Wildman–Crippen LogP) is 3.64. The number of nitrogens with one attached hydrogen (secondary N) is 2. The van der Waals surface area contributed by atoms with Crippen LogP contribution >= 0.6 is 11.6 Å². The first kappa shape index (κ1) is 22.2.